The van der Waals surface area contributed by atoms with Gasteiger partial charge in [0.1, 0.15) is 10.6 Å². The quantitative estimate of drug-likeness (QED) is 0.275. The maximum atomic E-state index is 6.40. The van der Waals surface area contributed by atoms with E-state index in [2.05, 4.69) is 61.5 Å². The first kappa shape index (κ1) is 18.0. The minimum absolute atomic E-state index is 0.576. The van der Waals surface area contributed by atoms with E-state index in [1.54, 1.807) is 11.3 Å². The second-order valence-electron chi connectivity index (χ2n) is 7.60. The Balaban J connectivity index is 1.71. The Morgan fingerprint density at radius 3 is 2.58 bits per heavy atom. The fourth-order valence-corrected chi connectivity index (χ4v) is 4.89. The molecular weight excluding hydrogens is 400 g/mol. The molecule has 0 amide bonds. The van der Waals surface area contributed by atoms with Crippen molar-refractivity contribution in [3.8, 4) is 10.6 Å². The Hall–Kier alpha value is -3.76. The molecule has 6 aromatic rings. The van der Waals surface area contributed by atoms with Crippen molar-refractivity contribution in [3.63, 3.8) is 0 Å². The van der Waals surface area contributed by atoms with Crippen molar-refractivity contribution in [1.82, 2.24) is 4.98 Å². The Labute approximate surface area is 183 Å². The standard InChI is InChI=1S/C27H18N2OS/c1-17-7-6-9-19(15-17)28-26-22(27-29-23-11-4-5-12-25(23)31-27)16-21-20-10-3-2-8-18(20)13-14-24(21)30-26/h2-16H,1H3. The van der Waals surface area contributed by atoms with Gasteiger partial charge in [-0.05, 0) is 59.7 Å². The van der Waals surface area contributed by atoms with E-state index in [4.69, 9.17) is 14.4 Å². The monoisotopic (exact) mass is 418 g/mol. The molecule has 6 rings (SSSR count). The summed E-state index contributed by atoms with van der Waals surface area (Å²) in [6, 6.07) is 31.0. The van der Waals surface area contributed by atoms with Crippen molar-refractivity contribution >= 4 is 49.0 Å². The summed E-state index contributed by atoms with van der Waals surface area (Å²) < 4.78 is 7.55. The molecule has 3 nitrogen and oxygen atoms in total. The number of fused-ring (bicyclic) bond motifs is 4. The van der Waals surface area contributed by atoms with E-state index in [0.717, 1.165) is 48.4 Å². The number of aromatic nitrogens is 1. The Morgan fingerprint density at radius 1 is 0.806 bits per heavy atom. The average molecular weight is 419 g/mol. The van der Waals surface area contributed by atoms with Gasteiger partial charge in [-0.25, -0.2) is 9.98 Å². The lowest BCUT2D eigenvalue weighted by Gasteiger charge is -2.06. The lowest BCUT2D eigenvalue weighted by molar-refractivity contribution is 0.548. The van der Waals surface area contributed by atoms with Crippen LogP contribution in [0, 0.1) is 6.92 Å². The molecule has 0 saturated heterocycles. The van der Waals surface area contributed by atoms with Crippen LogP contribution in [0.1, 0.15) is 5.56 Å². The SMILES string of the molecule is Cc1cccc(N=c2oc3ccc4ccccc4c3cc2-c2nc3ccccc3s2)c1. The highest BCUT2D eigenvalue weighted by molar-refractivity contribution is 7.21. The Morgan fingerprint density at radius 2 is 1.68 bits per heavy atom. The van der Waals surface area contributed by atoms with Crippen molar-refractivity contribution < 1.29 is 4.42 Å². The molecule has 0 aliphatic rings. The van der Waals surface area contributed by atoms with Crippen molar-refractivity contribution in [1.29, 1.82) is 0 Å². The molecule has 4 aromatic carbocycles. The highest BCUT2D eigenvalue weighted by atomic mass is 32.1. The highest BCUT2D eigenvalue weighted by Gasteiger charge is 2.13. The van der Waals surface area contributed by atoms with E-state index in [1.807, 2.05) is 36.4 Å². The highest BCUT2D eigenvalue weighted by Crippen LogP contribution is 2.32. The zero-order chi connectivity index (χ0) is 20.8. The summed E-state index contributed by atoms with van der Waals surface area (Å²) in [5.41, 5.74) is 5.32. The molecule has 0 N–H and O–H groups in total. The third-order valence-corrected chi connectivity index (χ3v) is 6.48. The number of aryl methyl sites for hydroxylation is 1. The van der Waals surface area contributed by atoms with Crippen LogP contribution < -0.4 is 5.55 Å². The van der Waals surface area contributed by atoms with Crippen LogP contribution in [0.25, 0.3) is 42.5 Å². The van der Waals surface area contributed by atoms with E-state index < -0.39 is 0 Å². The second-order valence-corrected chi connectivity index (χ2v) is 8.63. The molecule has 0 aliphatic carbocycles. The number of thiazole rings is 1. The van der Waals surface area contributed by atoms with E-state index in [9.17, 15) is 0 Å². The van der Waals surface area contributed by atoms with Crippen molar-refractivity contribution in [2.24, 2.45) is 4.99 Å². The first-order valence-electron chi connectivity index (χ1n) is 10.2. The second kappa shape index (κ2) is 7.18. The molecule has 0 radical (unpaired) electrons. The number of para-hydroxylation sites is 1. The van der Waals surface area contributed by atoms with Crippen LogP contribution in [0.2, 0.25) is 0 Å². The molecule has 4 heteroatoms. The predicted octanol–water partition coefficient (Wildman–Crippen LogP) is 7.40. The topological polar surface area (TPSA) is 38.4 Å². The van der Waals surface area contributed by atoms with Crippen molar-refractivity contribution in [3.05, 3.63) is 102 Å². The smallest absolute Gasteiger partial charge is 0.230 e. The third kappa shape index (κ3) is 3.22. The van der Waals surface area contributed by atoms with Gasteiger partial charge in [-0.2, -0.15) is 0 Å². The van der Waals surface area contributed by atoms with Crippen LogP contribution >= 0.6 is 11.3 Å². The summed E-state index contributed by atoms with van der Waals surface area (Å²) in [7, 11) is 0. The fraction of sp³-hybridized carbons (Fsp3) is 0.0370. The maximum absolute atomic E-state index is 6.40. The molecule has 0 aliphatic heterocycles. The molecule has 0 saturated carbocycles. The lowest BCUT2D eigenvalue weighted by atomic mass is 10.0. The molecule has 2 aromatic heterocycles. The average Bonchev–Trinajstić information content (AvgIpc) is 3.22. The number of rotatable bonds is 2. The normalized spacial score (nSPS) is 12.2. The molecule has 148 valence electrons. The lowest BCUT2D eigenvalue weighted by Crippen LogP contribution is -2.05. The minimum Gasteiger partial charge on any atom is -0.438 e. The third-order valence-electron chi connectivity index (χ3n) is 5.41. The molecule has 31 heavy (non-hydrogen) atoms. The molecule has 2 heterocycles. The fourth-order valence-electron chi connectivity index (χ4n) is 3.92. The number of nitrogens with zero attached hydrogens (tertiary/aromatic N) is 2. The van der Waals surface area contributed by atoms with Crippen LogP contribution in [0.5, 0.6) is 0 Å². The summed E-state index contributed by atoms with van der Waals surface area (Å²) in [5.74, 6) is 0. The van der Waals surface area contributed by atoms with E-state index in [1.165, 1.54) is 5.39 Å². The Bertz CT molecular complexity index is 1630. The zero-order valence-corrected chi connectivity index (χ0v) is 17.7. The van der Waals surface area contributed by atoms with Gasteiger partial charge in [-0.3, -0.25) is 0 Å². The van der Waals surface area contributed by atoms with Gasteiger partial charge in [-0.15, -0.1) is 11.3 Å². The molecule has 0 unspecified atom stereocenters. The van der Waals surface area contributed by atoms with Crippen LogP contribution in [0.4, 0.5) is 5.69 Å². The van der Waals surface area contributed by atoms with E-state index in [-0.39, 0.29) is 0 Å². The number of hydrogen-bond donors (Lipinski definition) is 0. The summed E-state index contributed by atoms with van der Waals surface area (Å²) in [4.78, 5) is 9.77. The van der Waals surface area contributed by atoms with E-state index in [0.29, 0.717) is 5.55 Å². The summed E-state index contributed by atoms with van der Waals surface area (Å²) in [6.07, 6.45) is 0. The summed E-state index contributed by atoms with van der Waals surface area (Å²) >= 11 is 1.66. The van der Waals surface area contributed by atoms with Gasteiger partial charge in [0.2, 0.25) is 5.55 Å². The van der Waals surface area contributed by atoms with Gasteiger partial charge >= 0.3 is 0 Å². The predicted molar refractivity (Wildman–Crippen MR) is 129 cm³/mol. The van der Waals surface area contributed by atoms with Crippen LogP contribution in [-0.2, 0) is 0 Å². The van der Waals surface area contributed by atoms with Crippen LogP contribution in [0.15, 0.2) is 100 Å². The van der Waals surface area contributed by atoms with Gasteiger partial charge in [-0.1, -0.05) is 54.6 Å². The molecule has 0 fully saturated rings. The largest absolute Gasteiger partial charge is 0.438 e. The molecule has 0 bridgehead atoms. The first-order chi connectivity index (χ1) is 15.2. The van der Waals surface area contributed by atoms with Gasteiger partial charge in [0.05, 0.1) is 21.5 Å². The number of hydrogen-bond acceptors (Lipinski definition) is 4. The maximum Gasteiger partial charge on any atom is 0.230 e. The molecule has 0 spiro atoms. The van der Waals surface area contributed by atoms with Crippen molar-refractivity contribution in [2.45, 2.75) is 6.92 Å². The van der Waals surface area contributed by atoms with Gasteiger partial charge in [0.15, 0.2) is 0 Å². The van der Waals surface area contributed by atoms with Gasteiger partial charge in [0.25, 0.3) is 0 Å². The summed E-state index contributed by atoms with van der Waals surface area (Å²) in [6.45, 7) is 2.07. The minimum atomic E-state index is 0.576. The van der Waals surface area contributed by atoms with Crippen molar-refractivity contribution in [2.75, 3.05) is 0 Å². The first-order valence-corrected chi connectivity index (χ1v) is 11.0. The zero-order valence-electron chi connectivity index (χ0n) is 16.9. The molecule has 0 atom stereocenters. The summed E-state index contributed by atoms with van der Waals surface area (Å²) in [5, 5.41) is 4.32. The molecular formula is C27H18N2OS. The number of benzene rings is 4. The Kier molecular flexibility index (Phi) is 4.18. The van der Waals surface area contributed by atoms with Gasteiger partial charge < -0.3 is 4.42 Å². The van der Waals surface area contributed by atoms with Crippen LogP contribution in [-0.4, -0.2) is 4.98 Å². The van der Waals surface area contributed by atoms with Gasteiger partial charge in [0, 0.05) is 5.39 Å². The van der Waals surface area contributed by atoms with E-state index >= 15 is 0 Å². The van der Waals surface area contributed by atoms with Crippen LogP contribution in [0.3, 0.4) is 0 Å².